The Bertz CT molecular complexity index is 1220. The van der Waals surface area contributed by atoms with Crippen molar-refractivity contribution in [3.63, 3.8) is 0 Å². The van der Waals surface area contributed by atoms with E-state index in [4.69, 9.17) is 9.47 Å². The molecule has 152 valence electrons. The van der Waals surface area contributed by atoms with Gasteiger partial charge < -0.3 is 14.4 Å². The Labute approximate surface area is 172 Å². The Balaban J connectivity index is 1.52. The van der Waals surface area contributed by atoms with Gasteiger partial charge >= 0.3 is 0 Å². The van der Waals surface area contributed by atoms with Gasteiger partial charge in [0.05, 0.1) is 31.5 Å². The zero-order valence-electron chi connectivity index (χ0n) is 16.7. The number of halogens is 1. The van der Waals surface area contributed by atoms with Crippen LogP contribution < -0.4 is 14.4 Å². The SMILES string of the molecule is COc1cc2c(cc1OC)CN(c1ncnc3c1cnn3-c1ccc(F)cc1)CC2. The first-order valence-corrected chi connectivity index (χ1v) is 9.61. The van der Waals surface area contributed by atoms with Crippen LogP contribution >= 0.6 is 0 Å². The maximum atomic E-state index is 13.3. The predicted molar refractivity (Wildman–Crippen MR) is 111 cm³/mol. The van der Waals surface area contributed by atoms with Crippen LogP contribution in [0.5, 0.6) is 11.5 Å². The van der Waals surface area contributed by atoms with Gasteiger partial charge in [0.25, 0.3) is 0 Å². The van der Waals surface area contributed by atoms with Crippen LogP contribution in [-0.4, -0.2) is 40.5 Å². The van der Waals surface area contributed by atoms with Gasteiger partial charge in [0.15, 0.2) is 17.1 Å². The van der Waals surface area contributed by atoms with E-state index in [1.165, 1.54) is 23.3 Å². The highest BCUT2D eigenvalue weighted by Crippen LogP contribution is 2.35. The number of ether oxygens (including phenoxy) is 2. The summed E-state index contributed by atoms with van der Waals surface area (Å²) in [4.78, 5) is 11.2. The molecule has 3 heterocycles. The molecule has 0 amide bonds. The van der Waals surface area contributed by atoms with E-state index in [0.29, 0.717) is 12.2 Å². The van der Waals surface area contributed by atoms with E-state index in [1.807, 2.05) is 12.1 Å². The minimum Gasteiger partial charge on any atom is -0.493 e. The molecule has 1 aliphatic heterocycles. The first-order valence-electron chi connectivity index (χ1n) is 9.61. The van der Waals surface area contributed by atoms with E-state index in [-0.39, 0.29) is 5.82 Å². The normalized spacial score (nSPS) is 13.4. The quantitative estimate of drug-likeness (QED) is 0.518. The van der Waals surface area contributed by atoms with E-state index in [0.717, 1.165) is 41.4 Å². The molecule has 0 atom stereocenters. The van der Waals surface area contributed by atoms with Crippen LogP contribution in [0.3, 0.4) is 0 Å². The van der Waals surface area contributed by atoms with Crippen molar-refractivity contribution in [1.82, 2.24) is 19.7 Å². The third-order valence-electron chi connectivity index (χ3n) is 5.43. The summed E-state index contributed by atoms with van der Waals surface area (Å²) >= 11 is 0. The highest BCUT2D eigenvalue weighted by atomic mass is 19.1. The number of methoxy groups -OCH3 is 2. The van der Waals surface area contributed by atoms with E-state index in [1.54, 1.807) is 43.6 Å². The smallest absolute Gasteiger partial charge is 0.168 e. The van der Waals surface area contributed by atoms with Crippen LogP contribution in [-0.2, 0) is 13.0 Å². The van der Waals surface area contributed by atoms with Crippen molar-refractivity contribution in [3.05, 3.63) is 65.9 Å². The minimum absolute atomic E-state index is 0.287. The van der Waals surface area contributed by atoms with Crippen LogP contribution in [0.1, 0.15) is 11.1 Å². The number of nitrogens with zero attached hydrogens (tertiary/aromatic N) is 5. The Kier molecular flexibility index (Phi) is 4.46. The summed E-state index contributed by atoms with van der Waals surface area (Å²) in [5.74, 6) is 2.00. The molecule has 1 aliphatic rings. The fraction of sp³-hybridized carbons (Fsp3) is 0.227. The van der Waals surface area contributed by atoms with E-state index >= 15 is 0 Å². The Hall–Kier alpha value is -3.68. The topological polar surface area (TPSA) is 65.3 Å². The average Bonchev–Trinajstić information content (AvgIpc) is 3.22. The van der Waals surface area contributed by atoms with Crippen molar-refractivity contribution in [2.24, 2.45) is 0 Å². The van der Waals surface area contributed by atoms with Crippen LogP contribution in [0.4, 0.5) is 10.2 Å². The first kappa shape index (κ1) is 18.4. The van der Waals surface area contributed by atoms with Gasteiger partial charge in [0.1, 0.15) is 18.0 Å². The molecule has 0 bridgehead atoms. The summed E-state index contributed by atoms with van der Waals surface area (Å²) in [6, 6.07) is 10.3. The number of hydrogen-bond acceptors (Lipinski definition) is 6. The summed E-state index contributed by atoms with van der Waals surface area (Å²) in [5, 5.41) is 5.33. The second-order valence-electron chi connectivity index (χ2n) is 7.11. The molecule has 4 aromatic rings. The Morgan fingerprint density at radius 1 is 0.967 bits per heavy atom. The highest BCUT2D eigenvalue weighted by molar-refractivity contribution is 5.87. The van der Waals surface area contributed by atoms with Crippen molar-refractivity contribution < 1.29 is 13.9 Å². The van der Waals surface area contributed by atoms with Crippen molar-refractivity contribution in [3.8, 4) is 17.2 Å². The lowest BCUT2D eigenvalue weighted by Crippen LogP contribution is -2.31. The number of fused-ring (bicyclic) bond motifs is 2. The van der Waals surface area contributed by atoms with Gasteiger partial charge in [-0.3, -0.25) is 0 Å². The van der Waals surface area contributed by atoms with Crippen LogP contribution in [0.2, 0.25) is 0 Å². The molecular weight excluding hydrogens is 385 g/mol. The van der Waals surface area contributed by atoms with Crippen LogP contribution in [0, 0.1) is 5.82 Å². The molecule has 0 unspecified atom stereocenters. The number of aromatic nitrogens is 4. The molecule has 0 N–H and O–H groups in total. The number of rotatable bonds is 4. The molecular formula is C22H20FN5O2. The predicted octanol–water partition coefficient (Wildman–Crippen LogP) is 3.53. The summed E-state index contributed by atoms with van der Waals surface area (Å²) in [5.41, 5.74) is 3.86. The number of benzene rings is 2. The molecule has 5 rings (SSSR count). The summed E-state index contributed by atoms with van der Waals surface area (Å²) in [6.45, 7) is 1.51. The van der Waals surface area contributed by atoms with Gasteiger partial charge in [-0.15, -0.1) is 0 Å². The first-order chi connectivity index (χ1) is 14.7. The van der Waals surface area contributed by atoms with Crippen molar-refractivity contribution >= 4 is 16.9 Å². The van der Waals surface area contributed by atoms with Gasteiger partial charge in [-0.25, -0.2) is 19.0 Å². The lowest BCUT2D eigenvalue weighted by Gasteiger charge is -2.30. The molecule has 0 spiro atoms. The maximum absolute atomic E-state index is 13.3. The van der Waals surface area contributed by atoms with Gasteiger partial charge in [-0.2, -0.15) is 5.10 Å². The van der Waals surface area contributed by atoms with Gasteiger partial charge in [-0.1, -0.05) is 0 Å². The highest BCUT2D eigenvalue weighted by Gasteiger charge is 2.23. The molecule has 8 heteroatoms. The second-order valence-corrected chi connectivity index (χ2v) is 7.11. The van der Waals surface area contributed by atoms with Gasteiger partial charge in [0.2, 0.25) is 0 Å². The van der Waals surface area contributed by atoms with Crippen molar-refractivity contribution in [2.45, 2.75) is 13.0 Å². The summed E-state index contributed by atoms with van der Waals surface area (Å²) < 4.78 is 25.9. The third kappa shape index (κ3) is 3.01. The lowest BCUT2D eigenvalue weighted by molar-refractivity contribution is 0.353. The zero-order valence-corrected chi connectivity index (χ0v) is 16.7. The van der Waals surface area contributed by atoms with Gasteiger partial charge in [-0.05, 0) is 53.9 Å². The van der Waals surface area contributed by atoms with E-state index < -0.39 is 0 Å². The fourth-order valence-corrected chi connectivity index (χ4v) is 3.92. The third-order valence-corrected chi connectivity index (χ3v) is 5.43. The second kappa shape index (κ2) is 7.29. The van der Waals surface area contributed by atoms with E-state index in [9.17, 15) is 4.39 Å². The van der Waals surface area contributed by atoms with Crippen LogP contribution in [0.25, 0.3) is 16.7 Å². The van der Waals surface area contributed by atoms with Crippen LogP contribution in [0.15, 0.2) is 48.9 Å². The largest absolute Gasteiger partial charge is 0.493 e. The fourth-order valence-electron chi connectivity index (χ4n) is 3.92. The summed E-state index contributed by atoms with van der Waals surface area (Å²) in [7, 11) is 3.29. The summed E-state index contributed by atoms with van der Waals surface area (Å²) in [6.07, 6.45) is 4.18. The number of hydrogen-bond donors (Lipinski definition) is 0. The maximum Gasteiger partial charge on any atom is 0.168 e. The molecule has 0 fully saturated rings. The average molecular weight is 405 g/mol. The molecule has 0 radical (unpaired) electrons. The standard InChI is InChI=1S/C22H20FN5O2/c1-29-19-9-14-7-8-27(12-15(14)10-20(19)30-2)21-18-11-26-28(22(18)25-13-24-21)17-5-3-16(23)4-6-17/h3-6,9-11,13H,7-8,12H2,1-2H3. The van der Waals surface area contributed by atoms with Crippen molar-refractivity contribution in [1.29, 1.82) is 0 Å². The molecule has 0 saturated carbocycles. The molecule has 30 heavy (non-hydrogen) atoms. The van der Waals surface area contributed by atoms with E-state index in [2.05, 4.69) is 20.0 Å². The Morgan fingerprint density at radius 2 is 1.70 bits per heavy atom. The minimum atomic E-state index is -0.287. The molecule has 7 nitrogen and oxygen atoms in total. The van der Waals surface area contributed by atoms with Crippen molar-refractivity contribution in [2.75, 3.05) is 25.7 Å². The Morgan fingerprint density at radius 3 is 2.43 bits per heavy atom. The lowest BCUT2D eigenvalue weighted by atomic mass is 9.98. The molecule has 0 aliphatic carbocycles. The number of anilines is 1. The monoisotopic (exact) mass is 405 g/mol. The zero-order chi connectivity index (χ0) is 20.7. The van der Waals surface area contributed by atoms with Gasteiger partial charge in [0, 0.05) is 13.1 Å². The molecule has 2 aromatic heterocycles. The molecule has 0 saturated heterocycles. The molecule has 2 aromatic carbocycles.